The monoisotopic (exact) mass is 405 g/mol. The van der Waals surface area contributed by atoms with E-state index in [-0.39, 0.29) is 0 Å². The first-order valence-electron chi connectivity index (χ1n) is 10.1. The van der Waals surface area contributed by atoms with Gasteiger partial charge in [0, 0.05) is 31.9 Å². The van der Waals surface area contributed by atoms with E-state index in [0.717, 1.165) is 31.9 Å². The quantitative estimate of drug-likeness (QED) is 0.692. The maximum absolute atomic E-state index is 6.38. The molecule has 2 heterocycles. The normalized spacial score (nSPS) is 14.0. The van der Waals surface area contributed by atoms with Gasteiger partial charge >= 0.3 is 0 Å². The Bertz CT molecular complexity index is 1010. The molecular formula is C23H27N5O2. The zero-order valence-corrected chi connectivity index (χ0v) is 17.6. The molecule has 0 unspecified atom stereocenters. The van der Waals surface area contributed by atoms with Crippen molar-refractivity contribution in [3.63, 3.8) is 0 Å². The number of rotatable bonds is 5. The molecule has 0 aliphatic carbocycles. The average molecular weight is 406 g/mol. The Morgan fingerprint density at radius 1 is 0.867 bits per heavy atom. The highest BCUT2D eigenvalue weighted by Crippen LogP contribution is 2.33. The van der Waals surface area contributed by atoms with E-state index in [0.29, 0.717) is 23.1 Å². The van der Waals surface area contributed by atoms with Crippen LogP contribution in [0.3, 0.4) is 0 Å². The number of aryl methyl sites for hydroxylation is 1. The summed E-state index contributed by atoms with van der Waals surface area (Å²) >= 11 is 0. The third-order valence-electron chi connectivity index (χ3n) is 5.60. The molecule has 1 aromatic heterocycles. The first kappa shape index (κ1) is 19.8. The van der Waals surface area contributed by atoms with Crippen molar-refractivity contribution < 1.29 is 9.47 Å². The van der Waals surface area contributed by atoms with Crippen LogP contribution >= 0.6 is 0 Å². The molecule has 1 fully saturated rings. The molecule has 1 aliphatic rings. The van der Waals surface area contributed by atoms with Crippen LogP contribution in [0.25, 0.3) is 0 Å². The highest BCUT2D eigenvalue weighted by Gasteiger charge is 2.23. The first-order chi connectivity index (χ1) is 14.6. The topological polar surface area (TPSA) is 76.7 Å². The number of benzene rings is 2. The van der Waals surface area contributed by atoms with Crippen LogP contribution < -0.4 is 25.0 Å². The molecule has 4 rings (SSSR count). The Morgan fingerprint density at radius 3 is 2.23 bits per heavy atom. The molecule has 1 aliphatic heterocycles. The summed E-state index contributed by atoms with van der Waals surface area (Å²) in [6, 6.07) is 13.8. The third-order valence-corrected chi connectivity index (χ3v) is 5.60. The van der Waals surface area contributed by atoms with Crippen LogP contribution in [-0.2, 0) is 0 Å². The van der Waals surface area contributed by atoms with E-state index in [1.165, 1.54) is 23.1 Å². The van der Waals surface area contributed by atoms with Gasteiger partial charge in [0.25, 0.3) is 0 Å². The predicted molar refractivity (Wildman–Crippen MR) is 120 cm³/mol. The molecule has 2 aromatic carbocycles. The van der Waals surface area contributed by atoms with Gasteiger partial charge in [-0.05, 0) is 55.3 Å². The lowest BCUT2D eigenvalue weighted by Gasteiger charge is -2.38. The molecule has 0 spiro atoms. The number of piperazine rings is 1. The van der Waals surface area contributed by atoms with Gasteiger partial charge in [0.2, 0.25) is 5.88 Å². The Labute approximate surface area is 177 Å². The first-order valence-corrected chi connectivity index (χ1v) is 10.1. The van der Waals surface area contributed by atoms with E-state index in [4.69, 9.17) is 15.2 Å². The summed E-state index contributed by atoms with van der Waals surface area (Å²) < 4.78 is 11.1. The van der Waals surface area contributed by atoms with Crippen LogP contribution in [0.15, 0.2) is 48.8 Å². The SMILES string of the molecule is COc1ccc(Oc2ncnc(N3CCN(c4cccc(C)c4C)CC3)c2N)cc1. The van der Waals surface area contributed by atoms with Crippen molar-refractivity contribution in [1.29, 1.82) is 0 Å². The largest absolute Gasteiger partial charge is 0.497 e. The van der Waals surface area contributed by atoms with Crippen LogP contribution in [0, 0.1) is 13.8 Å². The minimum absolute atomic E-state index is 0.363. The van der Waals surface area contributed by atoms with Crippen LogP contribution in [0.4, 0.5) is 17.2 Å². The lowest BCUT2D eigenvalue weighted by atomic mass is 10.1. The Morgan fingerprint density at radius 2 is 1.53 bits per heavy atom. The highest BCUT2D eigenvalue weighted by atomic mass is 16.5. The van der Waals surface area contributed by atoms with Crippen molar-refractivity contribution in [3.8, 4) is 17.4 Å². The van der Waals surface area contributed by atoms with Gasteiger partial charge in [0.1, 0.15) is 23.5 Å². The van der Waals surface area contributed by atoms with Crippen molar-refractivity contribution >= 4 is 17.2 Å². The summed E-state index contributed by atoms with van der Waals surface area (Å²) in [5.74, 6) is 2.49. The van der Waals surface area contributed by atoms with E-state index in [2.05, 4.69) is 51.8 Å². The van der Waals surface area contributed by atoms with Gasteiger partial charge in [0.05, 0.1) is 7.11 Å². The second kappa shape index (κ2) is 8.49. The Hall–Kier alpha value is -3.48. The van der Waals surface area contributed by atoms with Gasteiger partial charge in [-0.1, -0.05) is 12.1 Å². The number of anilines is 3. The number of nitrogen functional groups attached to an aromatic ring is 1. The van der Waals surface area contributed by atoms with E-state index in [1.807, 2.05) is 24.3 Å². The van der Waals surface area contributed by atoms with Gasteiger partial charge in [-0.2, -0.15) is 4.98 Å². The summed E-state index contributed by atoms with van der Waals surface area (Å²) in [7, 11) is 1.63. The zero-order valence-electron chi connectivity index (χ0n) is 17.6. The van der Waals surface area contributed by atoms with Crippen molar-refractivity contribution in [2.75, 3.05) is 48.8 Å². The van der Waals surface area contributed by atoms with E-state index in [1.54, 1.807) is 7.11 Å². The van der Waals surface area contributed by atoms with E-state index < -0.39 is 0 Å². The minimum Gasteiger partial charge on any atom is -0.497 e. The number of nitrogens with zero attached hydrogens (tertiary/aromatic N) is 4. The average Bonchev–Trinajstić information content (AvgIpc) is 2.78. The number of ether oxygens (including phenoxy) is 2. The molecule has 2 N–H and O–H groups in total. The summed E-state index contributed by atoms with van der Waals surface area (Å²) in [4.78, 5) is 13.3. The minimum atomic E-state index is 0.363. The molecule has 1 saturated heterocycles. The van der Waals surface area contributed by atoms with Crippen LogP contribution in [0.2, 0.25) is 0 Å². The standard InChI is InChI=1S/C23H27N5O2/c1-16-5-4-6-20(17(16)2)27-11-13-28(14-12-27)22-21(24)23(26-15-25-22)30-19-9-7-18(29-3)8-10-19/h4-10,15H,11-14,24H2,1-3H3. The third kappa shape index (κ3) is 3.96. The van der Waals surface area contributed by atoms with Crippen molar-refractivity contribution in [1.82, 2.24) is 9.97 Å². The summed E-state index contributed by atoms with van der Waals surface area (Å²) in [6.45, 7) is 7.81. The van der Waals surface area contributed by atoms with Gasteiger partial charge < -0.3 is 25.0 Å². The van der Waals surface area contributed by atoms with Crippen LogP contribution in [-0.4, -0.2) is 43.3 Å². The molecule has 30 heavy (non-hydrogen) atoms. The number of aromatic nitrogens is 2. The number of methoxy groups -OCH3 is 1. The summed E-state index contributed by atoms with van der Waals surface area (Å²) in [5, 5.41) is 0. The van der Waals surface area contributed by atoms with Crippen LogP contribution in [0.5, 0.6) is 17.4 Å². The smallest absolute Gasteiger partial charge is 0.248 e. The summed E-state index contributed by atoms with van der Waals surface area (Å²) in [5.41, 5.74) is 10.8. The van der Waals surface area contributed by atoms with E-state index >= 15 is 0 Å². The molecule has 7 nitrogen and oxygen atoms in total. The van der Waals surface area contributed by atoms with Crippen molar-refractivity contribution in [2.24, 2.45) is 0 Å². The molecule has 156 valence electrons. The Kier molecular flexibility index (Phi) is 5.61. The lowest BCUT2D eigenvalue weighted by Crippen LogP contribution is -2.47. The van der Waals surface area contributed by atoms with Crippen molar-refractivity contribution in [2.45, 2.75) is 13.8 Å². The maximum Gasteiger partial charge on any atom is 0.248 e. The van der Waals surface area contributed by atoms with Gasteiger partial charge in [-0.3, -0.25) is 0 Å². The van der Waals surface area contributed by atoms with E-state index in [9.17, 15) is 0 Å². The molecule has 7 heteroatoms. The molecular weight excluding hydrogens is 378 g/mol. The molecule has 0 radical (unpaired) electrons. The molecule has 0 saturated carbocycles. The molecule has 0 amide bonds. The fourth-order valence-corrected chi connectivity index (χ4v) is 3.70. The van der Waals surface area contributed by atoms with Crippen LogP contribution in [0.1, 0.15) is 11.1 Å². The number of nitrogens with two attached hydrogens (primary N) is 1. The second-order valence-corrected chi connectivity index (χ2v) is 7.39. The fraction of sp³-hybridized carbons (Fsp3) is 0.304. The predicted octanol–water partition coefficient (Wildman–Crippen LogP) is 3.80. The van der Waals surface area contributed by atoms with Gasteiger partial charge in [-0.25, -0.2) is 4.98 Å². The zero-order chi connectivity index (χ0) is 21.1. The number of hydrogen-bond acceptors (Lipinski definition) is 7. The fourth-order valence-electron chi connectivity index (χ4n) is 3.70. The maximum atomic E-state index is 6.38. The highest BCUT2D eigenvalue weighted by molar-refractivity contribution is 5.69. The number of hydrogen-bond donors (Lipinski definition) is 1. The summed E-state index contributed by atoms with van der Waals surface area (Å²) in [6.07, 6.45) is 1.50. The lowest BCUT2D eigenvalue weighted by molar-refractivity contribution is 0.412. The second-order valence-electron chi connectivity index (χ2n) is 7.39. The van der Waals surface area contributed by atoms with Gasteiger partial charge in [-0.15, -0.1) is 0 Å². The van der Waals surface area contributed by atoms with Crippen molar-refractivity contribution in [3.05, 3.63) is 59.9 Å². The van der Waals surface area contributed by atoms with Gasteiger partial charge in [0.15, 0.2) is 5.82 Å². The molecule has 0 bridgehead atoms. The molecule has 3 aromatic rings. The Balaban J connectivity index is 1.47. The molecule has 0 atom stereocenters.